The second-order valence-corrected chi connectivity index (χ2v) is 9.18. The molecule has 32 heavy (non-hydrogen) atoms. The van der Waals surface area contributed by atoms with E-state index in [0.29, 0.717) is 18.4 Å². The lowest BCUT2D eigenvalue weighted by atomic mass is 9.96. The van der Waals surface area contributed by atoms with E-state index in [1.54, 1.807) is 19.4 Å². The molecule has 2 fully saturated rings. The number of anilines is 1. The second-order valence-electron chi connectivity index (χ2n) is 9.18. The van der Waals surface area contributed by atoms with Crippen LogP contribution in [0.15, 0.2) is 36.5 Å². The van der Waals surface area contributed by atoms with Crippen LogP contribution in [-0.4, -0.2) is 54.1 Å². The number of benzene rings is 1. The standard InChI is InChI=1S/C25H35N5O2/c1-19-4-3-13-29(17-19)18-21-7-5-20(6-8-21)16-27-24(31)22-10-14-30(15-11-22)25-26-12-9-23(28-25)32-2/h5-9,12,19,22H,3-4,10-11,13-18H2,1-2H3,(H,27,31). The van der Waals surface area contributed by atoms with Gasteiger partial charge in [0.2, 0.25) is 17.7 Å². The Hall–Kier alpha value is -2.67. The number of carbonyl (C=O) groups excluding carboxylic acids is 1. The number of rotatable bonds is 7. The quantitative estimate of drug-likeness (QED) is 0.717. The Balaban J connectivity index is 1.21. The van der Waals surface area contributed by atoms with Crippen molar-refractivity contribution in [3.63, 3.8) is 0 Å². The molecule has 0 spiro atoms. The first kappa shape index (κ1) is 22.5. The lowest BCUT2D eigenvalue weighted by Gasteiger charge is -2.31. The minimum absolute atomic E-state index is 0.0391. The van der Waals surface area contributed by atoms with Crippen molar-refractivity contribution >= 4 is 11.9 Å². The van der Waals surface area contributed by atoms with Crippen LogP contribution >= 0.6 is 0 Å². The zero-order chi connectivity index (χ0) is 22.3. The Morgan fingerprint density at radius 2 is 1.84 bits per heavy atom. The number of hydrogen-bond acceptors (Lipinski definition) is 6. The first-order chi connectivity index (χ1) is 15.6. The molecule has 1 aromatic heterocycles. The third kappa shape index (κ3) is 5.97. The van der Waals surface area contributed by atoms with Gasteiger partial charge < -0.3 is 15.0 Å². The lowest BCUT2D eigenvalue weighted by Crippen LogP contribution is -2.41. The van der Waals surface area contributed by atoms with Gasteiger partial charge in [-0.05, 0) is 49.3 Å². The van der Waals surface area contributed by atoms with Crippen LogP contribution in [0.25, 0.3) is 0 Å². The van der Waals surface area contributed by atoms with Crippen molar-refractivity contribution in [3.8, 4) is 5.88 Å². The number of amides is 1. The highest BCUT2D eigenvalue weighted by atomic mass is 16.5. The second kappa shape index (κ2) is 10.8. The fraction of sp³-hybridized carbons (Fsp3) is 0.560. The Morgan fingerprint density at radius 1 is 1.09 bits per heavy atom. The highest BCUT2D eigenvalue weighted by Gasteiger charge is 2.26. The van der Waals surface area contributed by atoms with Crippen molar-refractivity contribution in [3.05, 3.63) is 47.7 Å². The molecule has 2 aromatic rings. The first-order valence-corrected chi connectivity index (χ1v) is 11.8. The molecule has 0 saturated carbocycles. The Kier molecular flexibility index (Phi) is 7.58. The van der Waals surface area contributed by atoms with E-state index in [1.807, 2.05) is 0 Å². The first-order valence-electron chi connectivity index (χ1n) is 11.8. The molecular weight excluding hydrogens is 402 g/mol. The smallest absolute Gasteiger partial charge is 0.228 e. The average molecular weight is 438 g/mol. The molecule has 4 rings (SSSR count). The minimum atomic E-state index is 0.0391. The lowest BCUT2D eigenvalue weighted by molar-refractivity contribution is -0.125. The van der Waals surface area contributed by atoms with Crippen molar-refractivity contribution < 1.29 is 9.53 Å². The van der Waals surface area contributed by atoms with Crippen molar-refractivity contribution in [1.82, 2.24) is 20.2 Å². The Labute approximate surface area is 191 Å². The fourth-order valence-electron chi connectivity index (χ4n) is 4.72. The summed E-state index contributed by atoms with van der Waals surface area (Å²) in [6.45, 7) is 7.88. The van der Waals surface area contributed by atoms with Crippen LogP contribution in [0.5, 0.6) is 5.88 Å². The number of ether oxygens (including phenoxy) is 1. The molecule has 0 bridgehead atoms. The maximum atomic E-state index is 12.7. The molecule has 2 aliphatic heterocycles. The third-order valence-corrected chi connectivity index (χ3v) is 6.61. The fourth-order valence-corrected chi connectivity index (χ4v) is 4.72. The van der Waals surface area contributed by atoms with Crippen LogP contribution in [0.4, 0.5) is 5.95 Å². The summed E-state index contributed by atoms with van der Waals surface area (Å²) < 4.78 is 5.18. The highest BCUT2D eigenvalue weighted by molar-refractivity contribution is 5.78. The van der Waals surface area contributed by atoms with E-state index in [4.69, 9.17) is 4.74 Å². The number of nitrogens with zero attached hydrogens (tertiary/aromatic N) is 4. The number of aromatic nitrogens is 2. The van der Waals surface area contributed by atoms with Crippen LogP contribution in [0.3, 0.4) is 0 Å². The van der Waals surface area contributed by atoms with Crippen molar-refractivity contribution in [1.29, 1.82) is 0 Å². The van der Waals surface area contributed by atoms with E-state index in [0.717, 1.165) is 44.0 Å². The molecule has 7 heteroatoms. The summed E-state index contributed by atoms with van der Waals surface area (Å²) in [7, 11) is 1.60. The summed E-state index contributed by atoms with van der Waals surface area (Å²) in [5.74, 6) is 2.21. The molecule has 0 radical (unpaired) electrons. The summed E-state index contributed by atoms with van der Waals surface area (Å²) in [5, 5.41) is 3.13. The van der Waals surface area contributed by atoms with E-state index >= 15 is 0 Å². The van der Waals surface area contributed by atoms with Gasteiger partial charge in [0.1, 0.15) is 0 Å². The zero-order valence-electron chi connectivity index (χ0n) is 19.3. The normalized spacial score (nSPS) is 20.2. The number of likely N-dealkylation sites (tertiary alicyclic amines) is 1. The van der Waals surface area contributed by atoms with Gasteiger partial charge in [0, 0.05) is 50.9 Å². The summed E-state index contributed by atoms with van der Waals surface area (Å²) in [6.07, 6.45) is 5.97. The van der Waals surface area contributed by atoms with Gasteiger partial charge >= 0.3 is 0 Å². The van der Waals surface area contributed by atoms with Gasteiger partial charge in [-0.1, -0.05) is 31.2 Å². The average Bonchev–Trinajstić information content (AvgIpc) is 2.83. The van der Waals surface area contributed by atoms with Gasteiger partial charge in [0.15, 0.2) is 0 Å². The van der Waals surface area contributed by atoms with Gasteiger partial charge in [-0.15, -0.1) is 0 Å². The minimum Gasteiger partial charge on any atom is -0.481 e. The van der Waals surface area contributed by atoms with Crippen LogP contribution < -0.4 is 15.0 Å². The number of methoxy groups -OCH3 is 1. The van der Waals surface area contributed by atoms with E-state index in [1.165, 1.54) is 31.5 Å². The van der Waals surface area contributed by atoms with Crippen LogP contribution in [0, 0.1) is 11.8 Å². The molecule has 7 nitrogen and oxygen atoms in total. The molecule has 2 saturated heterocycles. The summed E-state index contributed by atoms with van der Waals surface area (Å²) in [4.78, 5) is 26.1. The van der Waals surface area contributed by atoms with E-state index in [-0.39, 0.29) is 11.8 Å². The molecule has 1 N–H and O–H groups in total. The van der Waals surface area contributed by atoms with E-state index in [9.17, 15) is 4.79 Å². The molecule has 1 aromatic carbocycles. The molecule has 2 aliphatic rings. The number of carbonyl (C=O) groups is 1. The molecule has 0 aliphatic carbocycles. The van der Waals surface area contributed by atoms with E-state index in [2.05, 4.69) is 56.3 Å². The van der Waals surface area contributed by atoms with Crippen LogP contribution in [-0.2, 0) is 17.9 Å². The molecule has 172 valence electrons. The number of hydrogen-bond donors (Lipinski definition) is 1. The predicted octanol–water partition coefficient (Wildman–Crippen LogP) is 3.25. The predicted molar refractivity (Wildman–Crippen MR) is 125 cm³/mol. The maximum Gasteiger partial charge on any atom is 0.228 e. The van der Waals surface area contributed by atoms with Crippen LogP contribution in [0.1, 0.15) is 43.7 Å². The molecule has 3 heterocycles. The largest absolute Gasteiger partial charge is 0.481 e. The Morgan fingerprint density at radius 3 is 2.56 bits per heavy atom. The van der Waals surface area contributed by atoms with Crippen molar-refractivity contribution in [2.24, 2.45) is 11.8 Å². The maximum absolute atomic E-state index is 12.7. The summed E-state index contributed by atoms with van der Waals surface area (Å²) in [5.41, 5.74) is 2.50. The molecule has 1 atom stereocenters. The van der Waals surface area contributed by atoms with Gasteiger partial charge in [-0.3, -0.25) is 9.69 Å². The topological polar surface area (TPSA) is 70.6 Å². The Bertz CT molecular complexity index is 880. The summed E-state index contributed by atoms with van der Waals surface area (Å²) in [6, 6.07) is 10.4. The van der Waals surface area contributed by atoms with Gasteiger partial charge in [0.25, 0.3) is 0 Å². The molecular formula is C25H35N5O2. The van der Waals surface area contributed by atoms with Crippen LogP contribution in [0.2, 0.25) is 0 Å². The van der Waals surface area contributed by atoms with Gasteiger partial charge in [-0.2, -0.15) is 4.98 Å². The molecule has 1 amide bonds. The molecule has 1 unspecified atom stereocenters. The number of piperidine rings is 2. The van der Waals surface area contributed by atoms with E-state index < -0.39 is 0 Å². The monoisotopic (exact) mass is 437 g/mol. The number of nitrogens with one attached hydrogen (secondary N) is 1. The van der Waals surface area contributed by atoms with Gasteiger partial charge in [-0.25, -0.2) is 4.98 Å². The van der Waals surface area contributed by atoms with Crippen molar-refractivity contribution in [2.75, 3.05) is 38.2 Å². The SMILES string of the molecule is COc1ccnc(N2CCC(C(=O)NCc3ccc(CN4CCCC(C)C4)cc3)CC2)n1. The summed E-state index contributed by atoms with van der Waals surface area (Å²) >= 11 is 0. The highest BCUT2D eigenvalue weighted by Crippen LogP contribution is 2.22. The third-order valence-electron chi connectivity index (χ3n) is 6.61. The van der Waals surface area contributed by atoms with Crippen molar-refractivity contribution in [2.45, 2.75) is 45.7 Å². The van der Waals surface area contributed by atoms with Gasteiger partial charge in [0.05, 0.1) is 7.11 Å². The zero-order valence-corrected chi connectivity index (χ0v) is 19.3.